The molecule has 1 saturated carbocycles. The molecule has 1 aliphatic rings. The van der Waals surface area contributed by atoms with E-state index in [9.17, 15) is 8.78 Å². The second-order valence-corrected chi connectivity index (χ2v) is 4.02. The zero-order chi connectivity index (χ0) is 11.5. The van der Waals surface area contributed by atoms with Gasteiger partial charge in [0.15, 0.2) is 11.6 Å². The van der Waals surface area contributed by atoms with Crippen LogP contribution < -0.4 is 5.32 Å². The summed E-state index contributed by atoms with van der Waals surface area (Å²) in [6.45, 7) is 0. The number of nitrogens with zero attached hydrogens (tertiary/aromatic N) is 1. The summed E-state index contributed by atoms with van der Waals surface area (Å²) >= 11 is 0. The summed E-state index contributed by atoms with van der Waals surface area (Å²) in [4.78, 5) is 0. The minimum atomic E-state index is -0.869. The number of hydrogen-bond acceptors (Lipinski definition) is 2. The fourth-order valence-electron chi connectivity index (χ4n) is 2.10. The first kappa shape index (κ1) is 10.9. The molecule has 4 heteroatoms. The van der Waals surface area contributed by atoms with Gasteiger partial charge in [-0.15, -0.1) is 0 Å². The summed E-state index contributed by atoms with van der Waals surface area (Å²) in [5.41, 5.74) is 0.146. The number of nitriles is 1. The maximum Gasteiger partial charge on any atom is 0.181 e. The second kappa shape index (κ2) is 4.48. The first-order chi connectivity index (χ1) is 7.72. The first-order valence-electron chi connectivity index (χ1n) is 5.32. The van der Waals surface area contributed by atoms with Crippen LogP contribution >= 0.6 is 0 Å². The topological polar surface area (TPSA) is 35.8 Å². The molecule has 0 saturated heterocycles. The second-order valence-electron chi connectivity index (χ2n) is 4.02. The van der Waals surface area contributed by atoms with E-state index in [4.69, 9.17) is 5.26 Å². The van der Waals surface area contributed by atoms with Gasteiger partial charge in [-0.3, -0.25) is 0 Å². The lowest BCUT2D eigenvalue weighted by molar-refractivity contribution is 0.507. The molecule has 2 nitrogen and oxygen atoms in total. The normalized spacial score (nSPS) is 24.1. The minimum absolute atomic E-state index is 0.0682. The number of anilines is 1. The Morgan fingerprint density at radius 2 is 2.12 bits per heavy atom. The molecule has 2 atom stereocenters. The van der Waals surface area contributed by atoms with E-state index in [-0.39, 0.29) is 17.6 Å². The van der Waals surface area contributed by atoms with Gasteiger partial charge in [-0.25, -0.2) is 8.78 Å². The molecule has 0 bridgehead atoms. The highest BCUT2D eigenvalue weighted by molar-refractivity contribution is 5.46. The van der Waals surface area contributed by atoms with Gasteiger partial charge in [0, 0.05) is 6.04 Å². The Labute approximate surface area is 92.9 Å². The number of hydrogen-bond donors (Lipinski definition) is 1. The van der Waals surface area contributed by atoms with Gasteiger partial charge in [0.05, 0.1) is 17.7 Å². The molecular weight excluding hydrogens is 210 g/mol. The highest BCUT2D eigenvalue weighted by atomic mass is 19.2. The molecule has 0 radical (unpaired) electrons. The van der Waals surface area contributed by atoms with Crippen LogP contribution in [0.2, 0.25) is 0 Å². The highest BCUT2D eigenvalue weighted by Crippen LogP contribution is 2.29. The number of halogens is 2. The van der Waals surface area contributed by atoms with Crippen LogP contribution in [0.15, 0.2) is 18.2 Å². The summed E-state index contributed by atoms with van der Waals surface area (Å²) < 4.78 is 26.3. The van der Waals surface area contributed by atoms with Crippen molar-refractivity contribution in [3.8, 4) is 6.07 Å². The number of benzene rings is 1. The molecule has 1 aliphatic carbocycles. The van der Waals surface area contributed by atoms with Gasteiger partial charge in [0.25, 0.3) is 0 Å². The lowest BCUT2D eigenvalue weighted by Gasteiger charge is -2.17. The summed E-state index contributed by atoms with van der Waals surface area (Å²) in [6.07, 6.45) is 2.60. The smallest absolute Gasteiger partial charge is 0.181 e. The Morgan fingerprint density at radius 3 is 2.88 bits per heavy atom. The predicted molar refractivity (Wildman–Crippen MR) is 56.7 cm³/mol. The molecular formula is C12H12F2N2. The lowest BCUT2D eigenvalue weighted by atomic mass is 10.1. The van der Waals surface area contributed by atoms with Crippen LogP contribution in [-0.2, 0) is 0 Å². The Morgan fingerprint density at radius 1 is 1.31 bits per heavy atom. The average Bonchev–Trinajstić information content (AvgIpc) is 2.72. The molecule has 0 aliphatic heterocycles. The van der Waals surface area contributed by atoms with Crippen LogP contribution in [0.3, 0.4) is 0 Å². The fraction of sp³-hybridized carbons (Fsp3) is 0.417. The number of nitrogens with one attached hydrogen (secondary N) is 1. The van der Waals surface area contributed by atoms with Crippen molar-refractivity contribution < 1.29 is 8.78 Å². The maximum absolute atomic E-state index is 13.4. The van der Waals surface area contributed by atoms with E-state index in [1.807, 2.05) is 0 Å². The quantitative estimate of drug-likeness (QED) is 0.834. The van der Waals surface area contributed by atoms with Gasteiger partial charge in [0.1, 0.15) is 0 Å². The average molecular weight is 222 g/mol. The molecule has 0 amide bonds. The van der Waals surface area contributed by atoms with Crippen molar-refractivity contribution in [2.45, 2.75) is 25.3 Å². The molecule has 1 aromatic carbocycles. The highest BCUT2D eigenvalue weighted by Gasteiger charge is 2.27. The fourth-order valence-corrected chi connectivity index (χ4v) is 2.10. The third kappa shape index (κ3) is 1.99. The summed E-state index contributed by atoms with van der Waals surface area (Å²) in [5.74, 6) is -1.84. The molecule has 1 N–H and O–H groups in total. The zero-order valence-electron chi connectivity index (χ0n) is 8.71. The van der Waals surface area contributed by atoms with Gasteiger partial charge in [-0.1, -0.05) is 6.07 Å². The van der Waals surface area contributed by atoms with Gasteiger partial charge < -0.3 is 5.32 Å². The van der Waals surface area contributed by atoms with Gasteiger partial charge in [-0.05, 0) is 31.4 Å². The zero-order valence-corrected chi connectivity index (χ0v) is 8.71. The third-order valence-electron chi connectivity index (χ3n) is 2.97. The summed E-state index contributed by atoms with van der Waals surface area (Å²) in [6, 6.07) is 6.15. The minimum Gasteiger partial charge on any atom is -0.379 e. The van der Waals surface area contributed by atoms with E-state index in [1.54, 1.807) is 0 Å². The largest absolute Gasteiger partial charge is 0.379 e. The van der Waals surface area contributed by atoms with E-state index >= 15 is 0 Å². The Kier molecular flexibility index (Phi) is 3.04. The first-order valence-corrected chi connectivity index (χ1v) is 5.32. The molecule has 2 unspecified atom stereocenters. The standard InChI is InChI=1S/C12H12F2N2/c13-9-4-2-6-11(12(9)14)16-10-5-1-3-8(10)7-15/h2,4,6,8,10,16H,1,3,5H2. The van der Waals surface area contributed by atoms with E-state index in [0.29, 0.717) is 0 Å². The van der Waals surface area contributed by atoms with Crippen LogP contribution in [0, 0.1) is 28.9 Å². The van der Waals surface area contributed by atoms with Crippen molar-refractivity contribution >= 4 is 5.69 Å². The van der Waals surface area contributed by atoms with Crippen LogP contribution in [-0.4, -0.2) is 6.04 Å². The van der Waals surface area contributed by atoms with Gasteiger partial charge in [0.2, 0.25) is 0 Å². The molecule has 84 valence electrons. The van der Waals surface area contributed by atoms with Crippen LogP contribution in [0.5, 0.6) is 0 Å². The Hall–Kier alpha value is -1.63. The number of rotatable bonds is 2. The van der Waals surface area contributed by atoms with Crippen LogP contribution in [0.4, 0.5) is 14.5 Å². The summed E-state index contributed by atoms with van der Waals surface area (Å²) in [5, 5.41) is 11.8. The third-order valence-corrected chi connectivity index (χ3v) is 2.97. The van der Waals surface area contributed by atoms with Crippen LogP contribution in [0.25, 0.3) is 0 Å². The Bertz CT molecular complexity index is 426. The van der Waals surface area contributed by atoms with Crippen molar-refractivity contribution in [3.05, 3.63) is 29.8 Å². The van der Waals surface area contributed by atoms with E-state index in [0.717, 1.165) is 25.3 Å². The van der Waals surface area contributed by atoms with E-state index in [1.165, 1.54) is 12.1 Å². The molecule has 0 aromatic heterocycles. The SMILES string of the molecule is N#CC1CCCC1Nc1cccc(F)c1F. The van der Waals surface area contributed by atoms with Crippen molar-refractivity contribution in [1.29, 1.82) is 5.26 Å². The molecule has 1 aromatic rings. The molecule has 16 heavy (non-hydrogen) atoms. The molecule has 0 spiro atoms. The van der Waals surface area contributed by atoms with Crippen molar-refractivity contribution in [2.24, 2.45) is 5.92 Å². The lowest BCUT2D eigenvalue weighted by Crippen LogP contribution is -2.23. The van der Waals surface area contributed by atoms with E-state index < -0.39 is 11.6 Å². The summed E-state index contributed by atoms with van der Waals surface area (Å²) in [7, 11) is 0. The van der Waals surface area contributed by atoms with Crippen molar-refractivity contribution in [2.75, 3.05) is 5.32 Å². The Balaban J connectivity index is 2.15. The van der Waals surface area contributed by atoms with Gasteiger partial charge >= 0.3 is 0 Å². The van der Waals surface area contributed by atoms with Crippen molar-refractivity contribution in [1.82, 2.24) is 0 Å². The monoisotopic (exact) mass is 222 g/mol. The molecule has 1 fully saturated rings. The maximum atomic E-state index is 13.4. The van der Waals surface area contributed by atoms with E-state index in [2.05, 4.69) is 11.4 Å². The van der Waals surface area contributed by atoms with Crippen LogP contribution in [0.1, 0.15) is 19.3 Å². The molecule has 2 rings (SSSR count). The van der Waals surface area contributed by atoms with Gasteiger partial charge in [-0.2, -0.15) is 5.26 Å². The predicted octanol–water partition coefficient (Wildman–Crippen LogP) is 3.07. The molecule has 0 heterocycles. The van der Waals surface area contributed by atoms with Crippen molar-refractivity contribution in [3.63, 3.8) is 0 Å².